The average molecular weight is 195 g/mol. The summed E-state index contributed by atoms with van der Waals surface area (Å²) in [6, 6.07) is 14.7. The smallest absolute Gasteiger partial charge is 0.0346 e. The van der Waals surface area contributed by atoms with Crippen LogP contribution in [0.4, 0.5) is 5.69 Å². The van der Waals surface area contributed by atoms with E-state index in [1.54, 1.807) is 0 Å². The van der Waals surface area contributed by atoms with Gasteiger partial charge in [0.25, 0.3) is 0 Å². The minimum atomic E-state index is 0.757. The highest BCUT2D eigenvalue weighted by molar-refractivity contribution is 5.85. The SMILES string of the molecule is C#CCCNc1ccc2ccccc2c1. The zero-order chi connectivity index (χ0) is 10.5. The number of hydrogen-bond donors (Lipinski definition) is 1. The van der Waals surface area contributed by atoms with Gasteiger partial charge in [0, 0.05) is 18.7 Å². The molecular formula is C14H13N. The van der Waals surface area contributed by atoms with Crippen molar-refractivity contribution in [1.82, 2.24) is 0 Å². The Morgan fingerprint density at radius 2 is 1.87 bits per heavy atom. The number of anilines is 1. The molecule has 0 aliphatic heterocycles. The Labute approximate surface area is 90.1 Å². The molecule has 1 nitrogen and oxygen atoms in total. The standard InChI is InChI=1S/C14H13N/c1-2-3-10-15-14-9-8-12-6-4-5-7-13(12)11-14/h1,4-9,11,15H,3,10H2. The third kappa shape index (κ3) is 2.30. The lowest BCUT2D eigenvalue weighted by Crippen LogP contribution is -1.99. The van der Waals surface area contributed by atoms with Crippen LogP contribution < -0.4 is 5.32 Å². The minimum Gasteiger partial charge on any atom is -0.384 e. The summed E-state index contributed by atoms with van der Waals surface area (Å²) in [5.74, 6) is 2.61. The summed E-state index contributed by atoms with van der Waals surface area (Å²) in [6.07, 6.45) is 5.95. The Kier molecular flexibility index (Phi) is 2.90. The zero-order valence-electron chi connectivity index (χ0n) is 8.53. The number of benzene rings is 2. The molecule has 1 heteroatoms. The molecule has 2 aromatic rings. The Hall–Kier alpha value is -1.94. The molecular weight excluding hydrogens is 182 g/mol. The van der Waals surface area contributed by atoms with E-state index in [0.29, 0.717) is 0 Å². The molecule has 0 radical (unpaired) electrons. The van der Waals surface area contributed by atoms with Crippen LogP contribution in [-0.4, -0.2) is 6.54 Å². The van der Waals surface area contributed by atoms with Crippen molar-refractivity contribution in [2.24, 2.45) is 0 Å². The number of terminal acetylenes is 1. The Morgan fingerprint density at radius 1 is 1.07 bits per heavy atom. The van der Waals surface area contributed by atoms with Crippen LogP contribution in [-0.2, 0) is 0 Å². The van der Waals surface area contributed by atoms with Gasteiger partial charge >= 0.3 is 0 Å². The maximum Gasteiger partial charge on any atom is 0.0346 e. The van der Waals surface area contributed by atoms with E-state index in [0.717, 1.165) is 18.7 Å². The molecule has 0 heterocycles. The molecule has 15 heavy (non-hydrogen) atoms. The van der Waals surface area contributed by atoms with Gasteiger partial charge in [-0.1, -0.05) is 30.3 Å². The van der Waals surface area contributed by atoms with E-state index in [-0.39, 0.29) is 0 Å². The van der Waals surface area contributed by atoms with E-state index < -0.39 is 0 Å². The fourth-order valence-electron chi connectivity index (χ4n) is 1.58. The highest BCUT2D eigenvalue weighted by Crippen LogP contribution is 2.18. The third-order valence-electron chi connectivity index (χ3n) is 2.35. The van der Waals surface area contributed by atoms with E-state index in [1.807, 2.05) is 12.1 Å². The first-order valence-electron chi connectivity index (χ1n) is 5.06. The van der Waals surface area contributed by atoms with E-state index >= 15 is 0 Å². The van der Waals surface area contributed by atoms with Crippen molar-refractivity contribution in [2.45, 2.75) is 6.42 Å². The summed E-state index contributed by atoms with van der Waals surface area (Å²) in [5.41, 5.74) is 1.13. The van der Waals surface area contributed by atoms with Crippen LogP contribution in [0.3, 0.4) is 0 Å². The molecule has 2 aromatic carbocycles. The normalized spacial score (nSPS) is 9.80. The quantitative estimate of drug-likeness (QED) is 0.585. The van der Waals surface area contributed by atoms with Gasteiger partial charge in [-0.05, 0) is 22.9 Å². The van der Waals surface area contributed by atoms with Crippen LogP contribution in [0.1, 0.15) is 6.42 Å². The number of rotatable bonds is 3. The lowest BCUT2D eigenvalue weighted by Gasteiger charge is -2.05. The molecule has 0 amide bonds. The van der Waals surface area contributed by atoms with E-state index in [1.165, 1.54) is 10.8 Å². The maximum atomic E-state index is 5.19. The Bertz CT molecular complexity index is 494. The highest BCUT2D eigenvalue weighted by atomic mass is 14.9. The largest absolute Gasteiger partial charge is 0.384 e. The average Bonchev–Trinajstić information content (AvgIpc) is 2.29. The monoisotopic (exact) mass is 195 g/mol. The zero-order valence-corrected chi connectivity index (χ0v) is 8.53. The molecule has 0 saturated heterocycles. The summed E-state index contributed by atoms with van der Waals surface area (Å²) in [5, 5.41) is 5.81. The highest BCUT2D eigenvalue weighted by Gasteiger charge is 1.94. The van der Waals surface area contributed by atoms with Crippen molar-refractivity contribution < 1.29 is 0 Å². The van der Waals surface area contributed by atoms with Crippen molar-refractivity contribution in [2.75, 3.05) is 11.9 Å². The van der Waals surface area contributed by atoms with Crippen LogP contribution in [0, 0.1) is 12.3 Å². The number of hydrogen-bond acceptors (Lipinski definition) is 1. The summed E-state index contributed by atoms with van der Waals surface area (Å²) in [6.45, 7) is 0.828. The molecule has 1 N–H and O–H groups in total. The van der Waals surface area contributed by atoms with Crippen molar-refractivity contribution >= 4 is 16.5 Å². The van der Waals surface area contributed by atoms with Crippen LogP contribution in [0.5, 0.6) is 0 Å². The van der Waals surface area contributed by atoms with Gasteiger partial charge in [-0.2, -0.15) is 0 Å². The lowest BCUT2D eigenvalue weighted by atomic mass is 10.1. The van der Waals surface area contributed by atoms with Gasteiger partial charge in [-0.15, -0.1) is 12.3 Å². The molecule has 0 spiro atoms. The van der Waals surface area contributed by atoms with Crippen LogP contribution in [0.15, 0.2) is 42.5 Å². The van der Waals surface area contributed by atoms with Crippen molar-refractivity contribution in [3.8, 4) is 12.3 Å². The number of fused-ring (bicyclic) bond motifs is 1. The molecule has 2 rings (SSSR count). The lowest BCUT2D eigenvalue weighted by molar-refractivity contribution is 1.10. The second-order valence-electron chi connectivity index (χ2n) is 3.44. The Balaban J connectivity index is 2.20. The van der Waals surface area contributed by atoms with Crippen LogP contribution >= 0.6 is 0 Å². The van der Waals surface area contributed by atoms with Gasteiger partial charge in [0.1, 0.15) is 0 Å². The van der Waals surface area contributed by atoms with Crippen molar-refractivity contribution in [1.29, 1.82) is 0 Å². The molecule has 0 fully saturated rings. The molecule has 74 valence electrons. The topological polar surface area (TPSA) is 12.0 Å². The van der Waals surface area contributed by atoms with Crippen LogP contribution in [0.25, 0.3) is 10.8 Å². The van der Waals surface area contributed by atoms with E-state index in [2.05, 4.69) is 41.6 Å². The van der Waals surface area contributed by atoms with Crippen molar-refractivity contribution in [3.63, 3.8) is 0 Å². The fraction of sp³-hybridized carbons (Fsp3) is 0.143. The predicted octanol–water partition coefficient (Wildman–Crippen LogP) is 3.28. The summed E-state index contributed by atoms with van der Waals surface area (Å²) in [4.78, 5) is 0. The molecule has 0 atom stereocenters. The van der Waals surface area contributed by atoms with Gasteiger partial charge in [-0.25, -0.2) is 0 Å². The van der Waals surface area contributed by atoms with Gasteiger partial charge in [-0.3, -0.25) is 0 Å². The van der Waals surface area contributed by atoms with Crippen LogP contribution in [0.2, 0.25) is 0 Å². The van der Waals surface area contributed by atoms with Crippen molar-refractivity contribution in [3.05, 3.63) is 42.5 Å². The molecule has 0 unspecified atom stereocenters. The summed E-state index contributed by atoms with van der Waals surface area (Å²) in [7, 11) is 0. The van der Waals surface area contributed by atoms with Gasteiger partial charge < -0.3 is 5.32 Å². The number of nitrogens with one attached hydrogen (secondary N) is 1. The summed E-state index contributed by atoms with van der Waals surface area (Å²) < 4.78 is 0. The maximum absolute atomic E-state index is 5.19. The summed E-state index contributed by atoms with van der Waals surface area (Å²) >= 11 is 0. The third-order valence-corrected chi connectivity index (χ3v) is 2.35. The molecule has 0 saturated carbocycles. The first kappa shape index (κ1) is 9.61. The Morgan fingerprint density at radius 3 is 2.67 bits per heavy atom. The van der Waals surface area contributed by atoms with Gasteiger partial charge in [0.05, 0.1) is 0 Å². The molecule has 0 aromatic heterocycles. The van der Waals surface area contributed by atoms with E-state index in [4.69, 9.17) is 6.42 Å². The second-order valence-corrected chi connectivity index (χ2v) is 3.44. The molecule has 0 aliphatic rings. The predicted molar refractivity (Wildman–Crippen MR) is 65.9 cm³/mol. The molecule has 0 bridgehead atoms. The first-order chi connectivity index (χ1) is 7.40. The van der Waals surface area contributed by atoms with E-state index in [9.17, 15) is 0 Å². The molecule has 0 aliphatic carbocycles. The minimum absolute atomic E-state index is 0.757. The first-order valence-corrected chi connectivity index (χ1v) is 5.06. The van der Waals surface area contributed by atoms with Gasteiger partial charge in [0.2, 0.25) is 0 Å². The van der Waals surface area contributed by atoms with Gasteiger partial charge in [0.15, 0.2) is 0 Å². The second kappa shape index (κ2) is 4.52. The fourth-order valence-corrected chi connectivity index (χ4v) is 1.58.